The van der Waals surface area contributed by atoms with Gasteiger partial charge in [-0.3, -0.25) is 0 Å². The Labute approximate surface area is 96.7 Å². The Hall–Kier alpha value is -1.22. The summed E-state index contributed by atoms with van der Waals surface area (Å²) in [4.78, 5) is 0. The Morgan fingerprint density at radius 2 is 1.94 bits per heavy atom. The maximum atomic E-state index is 9.43. The zero-order chi connectivity index (χ0) is 11.5. The van der Waals surface area contributed by atoms with Crippen molar-refractivity contribution in [3.05, 3.63) is 23.8 Å². The van der Waals surface area contributed by atoms with Crippen molar-refractivity contribution in [1.29, 1.82) is 0 Å². The summed E-state index contributed by atoms with van der Waals surface area (Å²) < 4.78 is 0. The number of rotatable bonds is 2. The quantitative estimate of drug-likeness (QED) is 0.670. The van der Waals surface area contributed by atoms with Crippen LogP contribution in [0.3, 0.4) is 0 Å². The van der Waals surface area contributed by atoms with Crippen molar-refractivity contribution < 1.29 is 5.11 Å². The number of nitrogens with one attached hydrogen (secondary N) is 1. The molecule has 2 rings (SSSR count). The van der Waals surface area contributed by atoms with E-state index in [1.54, 1.807) is 0 Å². The van der Waals surface area contributed by atoms with E-state index in [1.807, 2.05) is 19.1 Å². The van der Waals surface area contributed by atoms with Gasteiger partial charge in [0.25, 0.3) is 0 Å². The average Bonchev–Trinajstić information content (AvgIpc) is 2.27. The van der Waals surface area contributed by atoms with E-state index in [1.165, 1.54) is 0 Å². The van der Waals surface area contributed by atoms with Crippen LogP contribution in [0.25, 0.3) is 0 Å². The molecule has 0 radical (unpaired) electrons. The highest BCUT2D eigenvalue weighted by atomic mass is 16.3. The molecule has 0 saturated heterocycles. The topological polar surface area (TPSA) is 58.3 Å². The molecule has 0 heterocycles. The molecule has 0 spiro atoms. The highest BCUT2D eigenvalue weighted by Crippen LogP contribution is 2.24. The molecule has 0 atom stereocenters. The molecule has 0 bridgehead atoms. The monoisotopic (exact) mass is 220 g/mol. The molecular formula is C13H20N2O. The largest absolute Gasteiger partial charge is 0.398 e. The van der Waals surface area contributed by atoms with Crippen molar-refractivity contribution in [2.75, 3.05) is 11.1 Å². The maximum Gasteiger partial charge on any atom is 0.0541 e. The van der Waals surface area contributed by atoms with Crippen molar-refractivity contribution >= 4 is 11.4 Å². The van der Waals surface area contributed by atoms with Gasteiger partial charge in [0.15, 0.2) is 0 Å². The number of nitrogens with two attached hydrogens (primary N) is 1. The molecule has 0 aliphatic heterocycles. The summed E-state index contributed by atoms with van der Waals surface area (Å²) in [5.74, 6) is 0. The lowest BCUT2D eigenvalue weighted by molar-refractivity contribution is 0.126. The molecular weight excluding hydrogens is 200 g/mol. The second-order valence-electron chi connectivity index (χ2n) is 4.72. The number of aliphatic hydroxyl groups is 1. The minimum Gasteiger partial charge on any atom is -0.398 e. The number of nitrogen functional groups attached to an aromatic ring is 1. The zero-order valence-corrected chi connectivity index (χ0v) is 9.74. The van der Waals surface area contributed by atoms with Crippen molar-refractivity contribution in [3.63, 3.8) is 0 Å². The van der Waals surface area contributed by atoms with Crippen LogP contribution in [0.15, 0.2) is 18.2 Å². The molecule has 0 unspecified atom stereocenters. The third-order valence-electron chi connectivity index (χ3n) is 3.35. The standard InChI is InChI=1S/C13H20N2O/c1-9-2-3-11(8-13(9)14)15-10-4-6-12(16)7-5-10/h2-3,8,10,12,15-16H,4-7,14H2,1H3. The second kappa shape index (κ2) is 4.74. The first-order valence-electron chi connectivity index (χ1n) is 5.96. The average molecular weight is 220 g/mol. The zero-order valence-electron chi connectivity index (χ0n) is 9.74. The summed E-state index contributed by atoms with van der Waals surface area (Å²) >= 11 is 0. The lowest BCUT2D eigenvalue weighted by Crippen LogP contribution is -2.28. The minimum atomic E-state index is -0.0962. The third kappa shape index (κ3) is 2.67. The third-order valence-corrected chi connectivity index (χ3v) is 3.35. The van der Waals surface area contributed by atoms with Crippen LogP contribution in [0.2, 0.25) is 0 Å². The number of hydrogen-bond acceptors (Lipinski definition) is 3. The van der Waals surface area contributed by atoms with E-state index in [0.717, 1.165) is 42.6 Å². The summed E-state index contributed by atoms with van der Waals surface area (Å²) in [7, 11) is 0. The Morgan fingerprint density at radius 1 is 1.25 bits per heavy atom. The predicted octanol–water partition coefficient (Wildman–Crippen LogP) is 2.29. The van der Waals surface area contributed by atoms with Crippen LogP contribution >= 0.6 is 0 Å². The second-order valence-corrected chi connectivity index (χ2v) is 4.72. The Balaban J connectivity index is 1.96. The van der Waals surface area contributed by atoms with Gasteiger partial charge >= 0.3 is 0 Å². The normalized spacial score (nSPS) is 25.4. The Bertz CT molecular complexity index is 357. The predicted molar refractivity (Wildman–Crippen MR) is 67.5 cm³/mol. The summed E-state index contributed by atoms with van der Waals surface area (Å²) in [5.41, 5.74) is 8.90. The van der Waals surface area contributed by atoms with Crippen molar-refractivity contribution in [1.82, 2.24) is 0 Å². The highest BCUT2D eigenvalue weighted by Gasteiger charge is 2.18. The molecule has 3 nitrogen and oxygen atoms in total. The molecule has 1 aromatic carbocycles. The van der Waals surface area contributed by atoms with E-state index in [-0.39, 0.29) is 6.10 Å². The number of benzene rings is 1. The summed E-state index contributed by atoms with van der Waals surface area (Å²) in [6, 6.07) is 6.57. The summed E-state index contributed by atoms with van der Waals surface area (Å²) in [5, 5.41) is 12.9. The first-order valence-corrected chi connectivity index (χ1v) is 5.96. The van der Waals surface area contributed by atoms with Gasteiger partial charge in [0, 0.05) is 17.4 Å². The van der Waals surface area contributed by atoms with E-state index >= 15 is 0 Å². The number of hydrogen-bond donors (Lipinski definition) is 3. The fourth-order valence-corrected chi connectivity index (χ4v) is 2.19. The van der Waals surface area contributed by atoms with Gasteiger partial charge in [-0.1, -0.05) is 6.07 Å². The van der Waals surface area contributed by atoms with Gasteiger partial charge in [-0.25, -0.2) is 0 Å². The van der Waals surface area contributed by atoms with Gasteiger partial charge in [-0.05, 0) is 50.3 Å². The SMILES string of the molecule is Cc1ccc(NC2CCC(O)CC2)cc1N. The number of aryl methyl sites for hydroxylation is 1. The van der Waals surface area contributed by atoms with E-state index in [4.69, 9.17) is 5.73 Å². The lowest BCUT2D eigenvalue weighted by Gasteiger charge is -2.27. The molecule has 4 N–H and O–H groups in total. The lowest BCUT2D eigenvalue weighted by atomic mass is 9.93. The van der Waals surface area contributed by atoms with Crippen LogP contribution in [0.1, 0.15) is 31.2 Å². The van der Waals surface area contributed by atoms with Gasteiger partial charge in [0.05, 0.1) is 6.10 Å². The van der Waals surface area contributed by atoms with E-state index in [2.05, 4.69) is 11.4 Å². The van der Waals surface area contributed by atoms with Crippen molar-refractivity contribution in [2.24, 2.45) is 0 Å². The molecule has 1 aliphatic carbocycles. The molecule has 3 heteroatoms. The molecule has 0 aromatic heterocycles. The van der Waals surface area contributed by atoms with Gasteiger partial charge < -0.3 is 16.2 Å². The fourth-order valence-electron chi connectivity index (χ4n) is 2.19. The molecule has 1 aromatic rings. The fraction of sp³-hybridized carbons (Fsp3) is 0.538. The van der Waals surface area contributed by atoms with Crippen LogP contribution in [-0.4, -0.2) is 17.3 Å². The Kier molecular flexibility index (Phi) is 3.34. The van der Waals surface area contributed by atoms with Gasteiger partial charge in [0.2, 0.25) is 0 Å². The summed E-state index contributed by atoms with van der Waals surface area (Å²) in [6.45, 7) is 2.01. The summed E-state index contributed by atoms with van der Waals surface area (Å²) in [6.07, 6.45) is 3.78. The minimum absolute atomic E-state index is 0.0962. The molecule has 1 saturated carbocycles. The van der Waals surface area contributed by atoms with Crippen LogP contribution in [0.5, 0.6) is 0 Å². The van der Waals surface area contributed by atoms with Crippen LogP contribution in [0.4, 0.5) is 11.4 Å². The van der Waals surface area contributed by atoms with Crippen LogP contribution in [0, 0.1) is 6.92 Å². The van der Waals surface area contributed by atoms with Crippen LogP contribution < -0.4 is 11.1 Å². The molecule has 16 heavy (non-hydrogen) atoms. The van der Waals surface area contributed by atoms with Crippen molar-refractivity contribution in [3.8, 4) is 0 Å². The van der Waals surface area contributed by atoms with E-state index in [9.17, 15) is 5.11 Å². The van der Waals surface area contributed by atoms with Gasteiger partial charge in [-0.15, -0.1) is 0 Å². The van der Waals surface area contributed by atoms with E-state index < -0.39 is 0 Å². The number of aliphatic hydroxyl groups excluding tert-OH is 1. The first-order chi connectivity index (χ1) is 7.65. The van der Waals surface area contributed by atoms with Gasteiger partial charge in [-0.2, -0.15) is 0 Å². The molecule has 0 amide bonds. The maximum absolute atomic E-state index is 9.43. The number of anilines is 2. The first kappa shape index (κ1) is 11.3. The van der Waals surface area contributed by atoms with Gasteiger partial charge in [0.1, 0.15) is 0 Å². The molecule has 1 aliphatic rings. The van der Waals surface area contributed by atoms with Crippen molar-refractivity contribution in [2.45, 2.75) is 44.8 Å². The Morgan fingerprint density at radius 3 is 2.56 bits per heavy atom. The molecule has 1 fully saturated rings. The van der Waals surface area contributed by atoms with Crippen LogP contribution in [-0.2, 0) is 0 Å². The highest BCUT2D eigenvalue weighted by molar-refractivity contribution is 5.58. The van der Waals surface area contributed by atoms with E-state index in [0.29, 0.717) is 6.04 Å². The smallest absolute Gasteiger partial charge is 0.0541 e. The molecule has 88 valence electrons.